The first-order valence-corrected chi connectivity index (χ1v) is 8.76. The van der Waals surface area contributed by atoms with E-state index in [1.807, 2.05) is 13.8 Å². The fourth-order valence-electron chi connectivity index (χ4n) is 2.27. The second kappa shape index (κ2) is 6.42. The highest BCUT2D eigenvalue weighted by molar-refractivity contribution is 7.89. The molecule has 1 saturated carbocycles. The van der Waals surface area contributed by atoms with Crippen LogP contribution in [0.25, 0.3) is 0 Å². The largest absolute Gasteiger partial charge is 0.310 e. The van der Waals surface area contributed by atoms with Crippen molar-refractivity contribution in [3.8, 4) is 0 Å². The van der Waals surface area contributed by atoms with Crippen molar-refractivity contribution in [1.29, 1.82) is 0 Å². The fourth-order valence-corrected chi connectivity index (χ4v) is 3.74. The molecule has 2 rings (SSSR count). The van der Waals surface area contributed by atoms with Crippen molar-refractivity contribution in [2.24, 2.45) is 0 Å². The highest BCUT2D eigenvalue weighted by Gasteiger charge is 2.32. The summed E-state index contributed by atoms with van der Waals surface area (Å²) in [5.74, 6) is -0.381. The lowest BCUT2D eigenvalue weighted by molar-refractivity contribution is 0.249. The molecule has 0 bridgehead atoms. The summed E-state index contributed by atoms with van der Waals surface area (Å²) in [7, 11) is -1.93. The molecule has 0 radical (unpaired) electrons. The van der Waals surface area contributed by atoms with Gasteiger partial charge in [0.05, 0.1) is 4.90 Å². The topological polar surface area (TPSA) is 49.4 Å². The Morgan fingerprint density at radius 1 is 1.38 bits per heavy atom. The predicted octanol–water partition coefficient (Wildman–Crippen LogP) is 2.50. The van der Waals surface area contributed by atoms with E-state index in [0.717, 1.165) is 19.3 Å². The third kappa shape index (κ3) is 3.62. The summed E-state index contributed by atoms with van der Waals surface area (Å²) in [6, 6.07) is 4.31. The smallest absolute Gasteiger partial charge is 0.243 e. The van der Waals surface area contributed by atoms with Crippen molar-refractivity contribution in [3.05, 3.63) is 29.6 Å². The van der Waals surface area contributed by atoms with E-state index in [-0.39, 0.29) is 22.8 Å². The first-order chi connectivity index (χ1) is 9.82. The molecule has 6 heteroatoms. The minimum Gasteiger partial charge on any atom is -0.310 e. The van der Waals surface area contributed by atoms with Crippen LogP contribution in [0, 0.1) is 5.82 Å². The van der Waals surface area contributed by atoms with Crippen LogP contribution >= 0.6 is 0 Å². The van der Waals surface area contributed by atoms with E-state index in [2.05, 4.69) is 5.32 Å². The Hall–Kier alpha value is -0.980. The first-order valence-electron chi connectivity index (χ1n) is 7.32. The minimum atomic E-state index is -3.54. The number of hydrogen-bond donors (Lipinski definition) is 1. The van der Waals surface area contributed by atoms with Gasteiger partial charge in [-0.3, -0.25) is 0 Å². The average molecular weight is 314 g/mol. The number of benzene rings is 1. The summed E-state index contributed by atoms with van der Waals surface area (Å²) in [6.07, 6.45) is 2.87. The van der Waals surface area contributed by atoms with E-state index in [0.29, 0.717) is 12.1 Å². The lowest BCUT2D eigenvalue weighted by Crippen LogP contribution is -2.41. The summed E-state index contributed by atoms with van der Waals surface area (Å²) in [5, 5.41) is 3.11. The number of nitrogens with zero attached hydrogens (tertiary/aromatic N) is 1. The van der Waals surface area contributed by atoms with Crippen LogP contribution in [0.1, 0.15) is 38.7 Å². The van der Waals surface area contributed by atoms with Crippen molar-refractivity contribution in [2.45, 2.75) is 56.6 Å². The van der Waals surface area contributed by atoms with Gasteiger partial charge in [-0.1, -0.05) is 20.3 Å². The third-order valence-electron chi connectivity index (χ3n) is 3.98. The summed E-state index contributed by atoms with van der Waals surface area (Å²) in [6.45, 7) is 4.24. The van der Waals surface area contributed by atoms with Crippen LogP contribution in [-0.2, 0) is 16.6 Å². The molecule has 0 saturated heterocycles. The van der Waals surface area contributed by atoms with Gasteiger partial charge in [0.25, 0.3) is 0 Å². The highest BCUT2D eigenvalue weighted by atomic mass is 32.2. The second-order valence-corrected chi connectivity index (χ2v) is 7.89. The SMILES string of the molecule is CC(C)NCc1cc(S(=O)(=O)N(C)C2CCC2)ccc1F. The van der Waals surface area contributed by atoms with Crippen LogP contribution in [0.2, 0.25) is 0 Å². The zero-order valence-electron chi connectivity index (χ0n) is 12.8. The number of halogens is 1. The van der Waals surface area contributed by atoms with Crippen LogP contribution in [0.5, 0.6) is 0 Å². The molecule has 1 aliphatic rings. The zero-order chi connectivity index (χ0) is 15.6. The molecule has 0 aromatic heterocycles. The number of rotatable bonds is 6. The molecule has 0 amide bonds. The molecule has 0 heterocycles. The first kappa shape index (κ1) is 16.4. The maximum atomic E-state index is 13.8. The van der Waals surface area contributed by atoms with Gasteiger partial charge in [0.2, 0.25) is 10.0 Å². The average Bonchev–Trinajstić information content (AvgIpc) is 2.35. The Morgan fingerprint density at radius 3 is 2.57 bits per heavy atom. The molecule has 1 aliphatic carbocycles. The van der Waals surface area contributed by atoms with Gasteiger partial charge < -0.3 is 5.32 Å². The molecular weight excluding hydrogens is 291 g/mol. The lowest BCUT2D eigenvalue weighted by Gasteiger charge is -2.33. The maximum Gasteiger partial charge on any atom is 0.243 e. The highest BCUT2D eigenvalue weighted by Crippen LogP contribution is 2.29. The van der Waals surface area contributed by atoms with Gasteiger partial charge in [-0.2, -0.15) is 4.31 Å². The van der Waals surface area contributed by atoms with Crippen LogP contribution in [-0.4, -0.2) is 31.9 Å². The van der Waals surface area contributed by atoms with E-state index >= 15 is 0 Å². The van der Waals surface area contributed by atoms with Crippen molar-refractivity contribution in [2.75, 3.05) is 7.05 Å². The molecule has 0 aliphatic heterocycles. The second-order valence-electron chi connectivity index (χ2n) is 5.89. The summed E-state index contributed by atoms with van der Waals surface area (Å²) < 4.78 is 40.3. The molecule has 1 N–H and O–H groups in total. The van der Waals surface area contributed by atoms with Crippen molar-refractivity contribution in [1.82, 2.24) is 9.62 Å². The van der Waals surface area contributed by atoms with E-state index in [9.17, 15) is 12.8 Å². The zero-order valence-corrected chi connectivity index (χ0v) is 13.6. The lowest BCUT2D eigenvalue weighted by atomic mass is 9.94. The van der Waals surface area contributed by atoms with Crippen LogP contribution < -0.4 is 5.32 Å². The standard InChI is InChI=1S/C15H23FN2O2S/c1-11(2)17-10-12-9-14(7-8-15(12)16)21(19,20)18(3)13-5-4-6-13/h7-9,11,13,17H,4-6,10H2,1-3H3. The molecule has 1 aromatic rings. The van der Waals surface area contributed by atoms with Gasteiger partial charge in [0.1, 0.15) is 5.82 Å². The van der Waals surface area contributed by atoms with E-state index in [4.69, 9.17) is 0 Å². The summed E-state index contributed by atoms with van der Waals surface area (Å²) >= 11 is 0. The van der Waals surface area contributed by atoms with Gasteiger partial charge in [-0.15, -0.1) is 0 Å². The van der Waals surface area contributed by atoms with E-state index in [1.165, 1.54) is 22.5 Å². The van der Waals surface area contributed by atoms with Crippen LogP contribution in [0.15, 0.2) is 23.1 Å². The Morgan fingerprint density at radius 2 is 2.05 bits per heavy atom. The van der Waals surface area contributed by atoms with Gasteiger partial charge in [-0.25, -0.2) is 12.8 Å². The van der Waals surface area contributed by atoms with E-state index < -0.39 is 10.0 Å². The number of hydrogen-bond acceptors (Lipinski definition) is 3. The normalized spacial score (nSPS) is 16.5. The molecular formula is C15H23FN2O2S. The molecule has 4 nitrogen and oxygen atoms in total. The van der Waals surface area contributed by atoms with Gasteiger partial charge in [0.15, 0.2) is 0 Å². The predicted molar refractivity (Wildman–Crippen MR) is 81.0 cm³/mol. The van der Waals surface area contributed by atoms with Gasteiger partial charge >= 0.3 is 0 Å². The molecule has 118 valence electrons. The Balaban J connectivity index is 2.24. The van der Waals surface area contributed by atoms with Crippen molar-refractivity contribution < 1.29 is 12.8 Å². The molecule has 0 spiro atoms. The molecule has 1 aromatic carbocycles. The molecule has 21 heavy (non-hydrogen) atoms. The van der Waals surface area contributed by atoms with Crippen molar-refractivity contribution in [3.63, 3.8) is 0 Å². The Labute approximate surface area is 126 Å². The maximum absolute atomic E-state index is 13.8. The van der Waals surface area contributed by atoms with Crippen LogP contribution in [0.3, 0.4) is 0 Å². The van der Waals surface area contributed by atoms with Crippen molar-refractivity contribution >= 4 is 10.0 Å². The fraction of sp³-hybridized carbons (Fsp3) is 0.600. The number of sulfonamides is 1. The monoisotopic (exact) mass is 314 g/mol. The minimum absolute atomic E-state index is 0.0808. The summed E-state index contributed by atoms with van der Waals surface area (Å²) in [4.78, 5) is 0.166. The Kier molecular flexibility index (Phi) is 5.01. The molecule has 1 fully saturated rings. The van der Waals surface area contributed by atoms with Crippen LogP contribution in [0.4, 0.5) is 4.39 Å². The van der Waals surface area contributed by atoms with Gasteiger partial charge in [0, 0.05) is 31.2 Å². The summed E-state index contributed by atoms with van der Waals surface area (Å²) in [5.41, 5.74) is 0.381. The quantitative estimate of drug-likeness (QED) is 0.877. The molecule has 0 unspecified atom stereocenters. The van der Waals surface area contributed by atoms with E-state index in [1.54, 1.807) is 7.05 Å². The molecule has 0 atom stereocenters. The van der Waals surface area contributed by atoms with Gasteiger partial charge in [-0.05, 0) is 31.0 Å². The third-order valence-corrected chi connectivity index (χ3v) is 5.89. The Bertz CT molecular complexity index is 598. The number of nitrogens with one attached hydrogen (secondary N) is 1.